The van der Waals surface area contributed by atoms with E-state index in [4.69, 9.17) is 24.4 Å². The molecule has 0 unspecified atom stereocenters. The number of nitrogens with one attached hydrogen (secondary N) is 1. The van der Waals surface area contributed by atoms with Gasteiger partial charge in [-0.15, -0.1) is 0 Å². The molecule has 0 bridgehead atoms. The maximum Gasteiger partial charge on any atom is 0.335 e. The average Bonchev–Trinajstić information content (AvgIpc) is 2.70. The number of ether oxygens (including phenoxy) is 3. The number of anilines is 1. The molecule has 1 amide bonds. The van der Waals surface area contributed by atoms with Gasteiger partial charge in [-0.25, -0.2) is 9.59 Å². The SMILES string of the molecule is COCCOCCOc1ccc(C(=O)Nc2cc(C(=O)O)cc(C(=O)O)c2)cc1. The summed E-state index contributed by atoms with van der Waals surface area (Å²) in [4.78, 5) is 34.7. The van der Waals surface area contributed by atoms with E-state index in [0.717, 1.165) is 6.07 Å². The second-order valence-corrected chi connectivity index (χ2v) is 5.84. The molecular weight excluding hydrogens is 382 g/mol. The highest BCUT2D eigenvalue weighted by Crippen LogP contribution is 2.18. The summed E-state index contributed by atoms with van der Waals surface area (Å²) in [5.74, 6) is -2.55. The largest absolute Gasteiger partial charge is 0.491 e. The van der Waals surface area contributed by atoms with Crippen LogP contribution < -0.4 is 10.1 Å². The van der Waals surface area contributed by atoms with E-state index in [0.29, 0.717) is 37.7 Å². The van der Waals surface area contributed by atoms with Crippen molar-refractivity contribution < 1.29 is 38.8 Å². The van der Waals surface area contributed by atoms with E-state index in [1.165, 1.54) is 24.3 Å². The Morgan fingerprint density at radius 2 is 1.41 bits per heavy atom. The van der Waals surface area contributed by atoms with E-state index in [-0.39, 0.29) is 16.8 Å². The molecule has 154 valence electrons. The molecule has 2 aromatic carbocycles. The summed E-state index contributed by atoms with van der Waals surface area (Å²) in [7, 11) is 1.59. The van der Waals surface area contributed by atoms with Crippen LogP contribution in [0.2, 0.25) is 0 Å². The maximum atomic E-state index is 12.4. The van der Waals surface area contributed by atoms with E-state index < -0.39 is 17.8 Å². The van der Waals surface area contributed by atoms with Crippen molar-refractivity contribution in [1.29, 1.82) is 0 Å². The molecule has 9 nitrogen and oxygen atoms in total. The fourth-order valence-corrected chi connectivity index (χ4v) is 2.32. The van der Waals surface area contributed by atoms with Crippen molar-refractivity contribution in [3.63, 3.8) is 0 Å². The third kappa shape index (κ3) is 6.91. The first-order valence-electron chi connectivity index (χ1n) is 8.63. The fraction of sp³-hybridized carbons (Fsp3) is 0.250. The van der Waals surface area contributed by atoms with Gasteiger partial charge in [0.25, 0.3) is 5.91 Å². The Morgan fingerprint density at radius 1 is 0.828 bits per heavy atom. The first kappa shape index (κ1) is 21.9. The second-order valence-electron chi connectivity index (χ2n) is 5.84. The van der Waals surface area contributed by atoms with Crippen molar-refractivity contribution >= 4 is 23.5 Å². The van der Waals surface area contributed by atoms with Gasteiger partial charge in [0.1, 0.15) is 12.4 Å². The number of amides is 1. The third-order valence-electron chi connectivity index (χ3n) is 3.73. The number of carboxylic acid groups (broad SMARTS) is 2. The second kappa shape index (κ2) is 10.8. The molecule has 29 heavy (non-hydrogen) atoms. The zero-order valence-corrected chi connectivity index (χ0v) is 15.7. The minimum Gasteiger partial charge on any atom is -0.491 e. The topological polar surface area (TPSA) is 131 Å². The average molecular weight is 403 g/mol. The van der Waals surface area contributed by atoms with Gasteiger partial charge in [0.15, 0.2) is 0 Å². The number of carbonyl (C=O) groups excluding carboxylic acids is 1. The minimum atomic E-state index is -1.30. The van der Waals surface area contributed by atoms with Crippen LogP contribution in [0.4, 0.5) is 5.69 Å². The van der Waals surface area contributed by atoms with Gasteiger partial charge in [0.05, 0.1) is 30.9 Å². The van der Waals surface area contributed by atoms with Gasteiger partial charge in [-0.3, -0.25) is 4.79 Å². The summed E-state index contributed by atoms with van der Waals surface area (Å²) < 4.78 is 15.6. The number of aromatic carboxylic acids is 2. The minimum absolute atomic E-state index is 0.0702. The summed E-state index contributed by atoms with van der Waals surface area (Å²) in [5, 5.41) is 20.7. The predicted octanol–water partition coefficient (Wildman–Crippen LogP) is 2.38. The Hall–Kier alpha value is -3.43. The lowest BCUT2D eigenvalue weighted by Crippen LogP contribution is -2.14. The highest BCUT2D eigenvalue weighted by atomic mass is 16.5. The van der Waals surface area contributed by atoms with Gasteiger partial charge >= 0.3 is 11.9 Å². The number of rotatable bonds is 11. The van der Waals surface area contributed by atoms with Crippen LogP contribution in [-0.4, -0.2) is 61.6 Å². The molecule has 0 spiro atoms. The molecule has 0 aromatic heterocycles. The Kier molecular flexibility index (Phi) is 8.13. The lowest BCUT2D eigenvalue weighted by atomic mass is 10.1. The number of carbonyl (C=O) groups is 3. The van der Waals surface area contributed by atoms with E-state index in [9.17, 15) is 14.4 Å². The van der Waals surface area contributed by atoms with Gasteiger partial charge < -0.3 is 29.7 Å². The lowest BCUT2D eigenvalue weighted by Gasteiger charge is -2.09. The van der Waals surface area contributed by atoms with Crippen LogP contribution in [0.3, 0.4) is 0 Å². The molecule has 0 aliphatic carbocycles. The zero-order valence-electron chi connectivity index (χ0n) is 15.7. The quantitative estimate of drug-likeness (QED) is 0.487. The number of methoxy groups -OCH3 is 1. The molecule has 0 aliphatic heterocycles. The van der Waals surface area contributed by atoms with Gasteiger partial charge in [-0.1, -0.05) is 0 Å². The highest BCUT2D eigenvalue weighted by Gasteiger charge is 2.14. The Balaban J connectivity index is 1.97. The smallest absolute Gasteiger partial charge is 0.335 e. The van der Waals surface area contributed by atoms with Crippen LogP contribution >= 0.6 is 0 Å². The normalized spacial score (nSPS) is 10.4. The summed E-state index contributed by atoms with van der Waals surface area (Å²) in [6.07, 6.45) is 0. The van der Waals surface area contributed by atoms with Crippen LogP contribution in [0.25, 0.3) is 0 Å². The van der Waals surface area contributed by atoms with Crippen LogP contribution in [0.15, 0.2) is 42.5 Å². The predicted molar refractivity (Wildman–Crippen MR) is 103 cm³/mol. The number of hydrogen-bond donors (Lipinski definition) is 3. The standard InChI is InChI=1S/C20H21NO8/c1-27-6-7-28-8-9-29-17-4-2-13(3-5-17)18(22)21-16-11-14(19(23)24)10-15(12-16)20(25)26/h2-5,10-12H,6-9H2,1H3,(H,21,22)(H,23,24)(H,25,26). The van der Waals surface area contributed by atoms with Gasteiger partial charge in [0.2, 0.25) is 0 Å². The molecule has 2 rings (SSSR count). The molecular formula is C20H21NO8. The Morgan fingerprint density at radius 3 is 1.97 bits per heavy atom. The third-order valence-corrected chi connectivity index (χ3v) is 3.73. The van der Waals surface area contributed by atoms with E-state index in [1.54, 1.807) is 19.2 Å². The molecule has 0 fully saturated rings. The first-order valence-corrected chi connectivity index (χ1v) is 8.63. The van der Waals surface area contributed by atoms with Crippen molar-refractivity contribution in [2.24, 2.45) is 0 Å². The van der Waals surface area contributed by atoms with Gasteiger partial charge in [0, 0.05) is 18.4 Å². The fourth-order valence-electron chi connectivity index (χ4n) is 2.32. The number of benzene rings is 2. The molecule has 0 atom stereocenters. The first-order chi connectivity index (χ1) is 13.9. The summed E-state index contributed by atoms with van der Waals surface area (Å²) in [6, 6.07) is 9.69. The maximum absolute atomic E-state index is 12.4. The zero-order chi connectivity index (χ0) is 21.2. The summed E-state index contributed by atoms with van der Waals surface area (Å²) in [6.45, 7) is 1.73. The Labute approximate surface area is 166 Å². The van der Waals surface area contributed by atoms with Crippen molar-refractivity contribution in [2.75, 3.05) is 38.9 Å². The van der Waals surface area contributed by atoms with Crippen LogP contribution in [0, 0.1) is 0 Å². The summed E-state index contributed by atoms with van der Waals surface area (Å²) in [5.41, 5.74) is -0.111. The van der Waals surface area contributed by atoms with Crippen LogP contribution in [-0.2, 0) is 9.47 Å². The lowest BCUT2D eigenvalue weighted by molar-refractivity contribution is 0.0544. The molecule has 3 N–H and O–H groups in total. The summed E-state index contributed by atoms with van der Waals surface area (Å²) >= 11 is 0. The molecule has 2 aromatic rings. The monoisotopic (exact) mass is 403 g/mol. The molecule has 0 saturated heterocycles. The number of carboxylic acids is 2. The molecule has 0 heterocycles. The Bertz CT molecular complexity index is 831. The van der Waals surface area contributed by atoms with Gasteiger partial charge in [-0.2, -0.15) is 0 Å². The molecule has 9 heteroatoms. The van der Waals surface area contributed by atoms with Crippen molar-refractivity contribution in [2.45, 2.75) is 0 Å². The molecule has 0 saturated carbocycles. The van der Waals surface area contributed by atoms with E-state index in [2.05, 4.69) is 5.32 Å². The number of hydrogen-bond acceptors (Lipinski definition) is 6. The van der Waals surface area contributed by atoms with Crippen molar-refractivity contribution in [3.8, 4) is 5.75 Å². The van der Waals surface area contributed by atoms with Crippen molar-refractivity contribution in [1.82, 2.24) is 0 Å². The molecule has 0 radical (unpaired) electrons. The highest BCUT2D eigenvalue weighted by molar-refractivity contribution is 6.05. The van der Waals surface area contributed by atoms with Crippen molar-refractivity contribution in [3.05, 3.63) is 59.2 Å². The molecule has 0 aliphatic rings. The van der Waals surface area contributed by atoms with Crippen LogP contribution in [0.5, 0.6) is 5.75 Å². The van der Waals surface area contributed by atoms with E-state index >= 15 is 0 Å². The van der Waals surface area contributed by atoms with Crippen LogP contribution in [0.1, 0.15) is 31.1 Å². The van der Waals surface area contributed by atoms with Gasteiger partial charge in [-0.05, 0) is 42.5 Å². The van der Waals surface area contributed by atoms with E-state index in [1.807, 2.05) is 0 Å².